The van der Waals surface area contributed by atoms with Crippen molar-refractivity contribution in [3.05, 3.63) is 68.1 Å². The Labute approximate surface area is 278 Å². The highest BCUT2D eigenvalue weighted by molar-refractivity contribution is 7.10. The standard InChI is InChI=1S/C33H44N6O5S2/c1-21(2)17-23-30-38-26(20-46-30)29(42)36-24(18-22-11-7-6-8-12-22)31-37-25(19-45-31)28(41)34-14-10-16-39(15-9-13-27(40)35-23)32(43)33(3,4)44-5/h6-8,11-12,19-21,23-24H,9-10,13-18H2,1-5H3,(H,34,41)(H,35,40)(H,36,42)/t23-,24-/m0/s1. The summed E-state index contributed by atoms with van der Waals surface area (Å²) in [6.07, 6.45) is 2.32. The van der Waals surface area contributed by atoms with Crippen LogP contribution in [0.1, 0.15) is 102 Å². The molecule has 248 valence electrons. The third-order valence-corrected chi connectivity index (χ3v) is 9.69. The van der Waals surface area contributed by atoms with E-state index >= 15 is 0 Å². The normalized spacial score (nSPS) is 19.2. The van der Waals surface area contributed by atoms with Crippen molar-refractivity contribution < 1.29 is 23.9 Å². The van der Waals surface area contributed by atoms with Crippen LogP contribution in [0.2, 0.25) is 0 Å². The van der Waals surface area contributed by atoms with Gasteiger partial charge in [-0.1, -0.05) is 44.2 Å². The summed E-state index contributed by atoms with van der Waals surface area (Å²) in [7, 11) is 1.50. The lowest BCUT2D eigenvalue weighted by Gasteiger charge is -2.31. The van der Waals surface area contributed by atoms with Gasteiger partial charge in [-0.05, 0) is 51.0 Å². The Morgan fingerprint density at radius 1 is 0.957 bits per heavy atom. The first-order chi connectivity index (χ1) is 22.0. The molecule has 0 unspecified atom stereocenters. The zero-order valence-corrected chi connectivity index (χ0v) is 28.8. The zero-order valence-electron chi connectivity index (χ0n) is 27.1. The number of nitrogens with zero attached hydrogens (tertiary/aromatic N) is 3. The number of aromatic nitrogens is 2. The van der Waals surface area contributed by atoms with E-state index in [2.05, 4.69) is 39.8 Å². The number of carbonyl (C=O) groups excluding carboxylic acids is 4. The molecule has 3 aromatic rings. The highest BCUT2D eigenvalue weighted by Crippen LogP contribution is 2.27. The molecule has 4 amide bonds. The molecule has 4 bridgehead atoms. The molecule has 0 aliphatic carbocycles. The van der Waals surface area contributed by atoms with Crippen LogP contribution in [0.25, 0.3) is 0 Å². The number of carbonyl (C=O) groups is 4. The van der Waals surface area contributed by atoms with Crippen molar-refractivity contribution >= 4 is 46.3 Å². The van der Waals surface area contributed by atoms with Crippen molar-refractivity contribution in [2.75, 3.05) is 26.7 Å². The van der Waals surface area contributed by atoms with E-state index in [0.29, 0.717) is 55.3 Å². The Morgan fingerprint density at radius 2 is 1.59 bits per heavy atom. The molecule has 0 saturated carbocycles. The molecule has 0 radical (unpaired) electrons. The predicted molar refractivity (Wildman–Crippen MR) is 179 cm³/mol. The van der Waals surface area contributed by atoms with Gasteiger partial charge in [-0.15, -0.1) is 22.7 Å². The Morgan fingerprint density at radius 3 is 2.24 bits per heavy atom. The molecule has 2 aromatic heterocycles. The maximum Gasteiger partial charge on any atom is 0.271 e. The van der Waals surface area contributed by atoms with Crippen molar-refractivity contribution in [2.45, 2.75) is 77.5 Å². The van der Waals surface area contributed by atoms with Gasteiger partial charge in [0.05, 0.1) is 12.1 Å². The Kier molecular flexibility index (Phi) is 12.4. The van der Waals surface area contributed by atoms with Crippen LogP contribution in [0.4, 0.5) is 0 Å². The van der Waals surface area contributed by atoms with Crippen LogP contribution in [-0.2, 0) is 20.7 Å². The molecule has 11 nitrogen and oxygen atoms in total. The molecule has 1 aliphatic heterocycles. The second-order valence-electron chi connectivity index (χ2n) is 12.3. The molecular weight excluding hydrogens is 625 g/mol. The van der Waals surface area contributed by atoms with Gasteiger partial charge in [0.1, 0.15) is 27.0 Å². The fourth-order valence-electron chi connectivity index (χ4n) is 5.12. The number of nitrogens with one attached hydrogen (secondary N) is 3. The summed E-state index contributed by atoms with van der Waals surface area (Å²) in [5.74, 6) is -0.736. The number of benzene rings is 1. The average molecular weight is 669 g/mol. The van der Waals surface area contributed by atoms with E-state index in [1.165, 1.54) is 29.8 Å². The summed E-state index contributed by atoms with van der Waals surface area (Å²) in [6.45, 7) is 8.66. The van der Waals surface area contributed by atoms with Crippen molar-refractivity contribution in [2.24, 2.45) is 5.92 Å². The average Bonchev–Trinajstić information content (AvgIpc) is 3.72. The van der Waals surface area contributed by atoms with Crippen LogP contribution < -0.4 is 16.0 Å². The Balaban J connectivity index is 1.63. The Hall–Kier alpha value is -3.68. The monoisotopic (exact) mass is 668 g/mol. The van der Waals surface area contributed by atoms with Gasteiger partial charge in [-0.25, -0.2) is 9.97 Å². The van der Waals surface area contributed by atoms with E-state index in [9.17, 15) is 19.2 Å². The summed E-state index contributed by atoms with van der Waals surface area (Å²) >= 11 is 2.65. The first-order valence-electron chi connectivity index (χ1n) is 15.6. The molecule has 1 aromatic carbocycles. The van der Waals surface area contributed by atoms with E-state index in [-0.39, 0.29) is 53.4 Å². The summed E-state index contributed by atoms with van der Waals surface area (Å²) in [5.41, 5.74) is 0.510. The minimum atomic E-state index is -1.03. The first-order valence-corrected chi connectivity index (χ1v) is 17.4. The smallest absolute Gasteiger partial charge is 0.271 e. The molecule has 13 heteroatoms. The van der Waals surface area contributed by atoms with Crippen LogP contribution in [0.15, 0.2) is 41.1 Å². The summed E-state index contributed by atoms with van der Waals surface area (Å²) < 4.78 is 5.44. The van der Waals surface area contributed by atoms with Gasteiger partial charge < -0.3 is 25.6 Å². The number of ether oxygens (including phenoxy) is 1. The van der Waals surface area contributed by atoms with Gasteiger partial charge in [0.15, 0.2) is 0 Å². The van der Waals surface area contributed by atoms with Crippen LogP contribution in [0.3, 0.4) is 0 Å². The second kappa shape index (κ2) is 16.2. The number of methoxy groups -OCH3 is 1. The molecule has 46 heavy (non-hydrogen) atoms. The summed E-state index contributed by atoms with van der Waals surface area (Å²) in [6, 6.07) is 8.93. The fraction of sp³-hybridized carbons (Fsp3) is 0.515. The summed E-state index contributed by atoms with van der Waals surface area (Å²) in [5, 5.41) is 13.8. The Bertz CT molecular complexity index is 1490. The molecule has 0 spiro atoms. The van der Waals surface area contributed by atoms with Gasteiger partial charge in [0, 0.05) is 43.9 Å². The number of thiazole rings is 2. The van der Waals surface area contributed by atoms with Crippen molar-refractivity contribution in [1.29, 1.82) is 0 Å². The molecule has 0 fully saturated rings. The van der Waals surface area contributed by atoms with E-state index in [4.69, 9.17) is 4.74 Å². The van der Waals surface area contributed by atoms with Gasteiger partial charge in [0.2, 0.25) is 5.91 Å². The minimum absolute atomic E-state index is 0.148. The molecule has 3 heterocycles. The summed E-state index contributed by atoms with van der Waals surface area (Å²) in [4.78, 5) is 63.9. The highest BCUT2D eigenvalue weighted by Gasteiger charge is 2.32. The maximum atomic E-state index is 13.5. The van der Waals surface area contributed by atoms with E-state index in [0.717, 1.165) is 5.56 Å². The van der Waals surface area contributed by atoms with Gasteiger partial charge in [-0.2, -0.15) is 0 Å². The van der Waals surface area contributed by atoms with Gasteiger partial charge in [0.25, 0.3) is 17.7 Å². The SMILES string of the molecule is COC(C)(C)C(=O)N1CCCNC(=O)c2csc(n2)[C@H](Cc2ccccc2)NC(=O)c2csc(n2)[C@H](CC(C)C)NC(=O)CCC1. The largest absolute Gasteiger partial charge is 0.369 e. The van der Waals surface area contributed by atoms with E-state index in [1.54, 1.807) is 29.5 Å². The molecule has 0 saturated heterocycles. The number of fused-ring (bicyclic) bond motifs is 4. The lowest BCUT2D eigenvalue weighted by Crippen LogP contribution is -2.47. The molecule has 3 N–H and O–H groups in total. The predicted octanol–water partition coefficient (Wildman–Crippen LogP) is 4.68. The van der Waals surface area contributed by atoms with Crippen LogP contribution in [0, 0.1) is 5.92 Å². The number of rotatable bonds is 6. The molecule has 1 aliphatic rings. The van der Waals surface area contributed by atoms with Crippen LogP contribution in [0.5, 0.6) is 0 Å². The van der Waals surface area contributed by atoms with E-state index in [1.807, 2.05) is 30.3 Å². The topological polar surface area (TPSA) is 143 Å². The first kappa shape index (κ1) is 35.2. The molecule has 4 rings (SSSR count). The lowest BCUT2D eigenvalue weighted by molar-refractivity contribution is -0.151. The fourth-order valence-corrected chi connectivity index (χ4v) is 6.83. The maximum absolute atomic E-state index is 13.5. The lowest BCUT2D eigenvalue weighted by atomic mass is 10.0. The van der Waals surface area contributed by atoms with Gasteiger partial charge >= 0.3 is 0 Å². The quantitative estimate of drug-likeness (QED) is 0.346. The highest BCUT2D eigenvalue weighted by atomic mass is 32.1. The number of amides is 4. The molecule has 2 atom stereocenters. The zero-order chi connectivity index (χ0) is 33.3. The second-order valence-corrected chi connectivity index (χ2v) is 14.1. The third kappa shape index (κ3) is 9.66. The number of hydrogen-bond acceptors (Lipinski definition) is 9. The van der Waals surface area contributed by atoms with E-state index < -0.39 is 11.6 Å². The minimum Gasteiger partial charge on any atom is -0.369 e. The number of hydrogen-bond donors (Lipinski definition) is 3. The van der Waals surface area contributed by atoms with Crippen LogP contribution in [-0.4, -0.2) is 70.8 Å². The van der Waals surface area contributed by atoms with Crippen molar-refractivity contribution in [3.8, 4) is 0 Å². The van der Waals surface area contributed by atoms with Crippen LogP contribution >= 0.6 is 22.7 Å². The van der Waals surface area contributed by atoms with Crippen molar-refractivity contribution in [1.82, 2.24) is 30.8 Å². The third-order valence-electron chi connectivity index (χ3n) is 7.77. The van der Waals surface area contributed by atoms with Gasteiger partial charge in [-0.3, -0.25) is 19.2 Å². The van der Waals surface area contributed by atoms with Crippen molar-refractivity contribution in [3.63, 3.8) is 0 Å². The molecular formula is C33H44N6O5S2.